The van der Waals surface area contributed by atoms with Crippen molar-refractivity contribution in [1.82, 2.24) is 9.97 Å². The van der Waals surface area contributed by atoms with E-state index < -0.39 is 0 Å². The fraction of sp³-hybridized carbons (Fsp3) is 0.636. The fourth-order valence-electron chi connectivity index (χ4n) is 2.12. The number of nitrogens with one attached hydrogen (secondary N) is 1. The van der Waals surface area contributed by atoms with Gasteiger partial charge < -0.3 is 15.0 Å². The van der Waals surface area contributed by atoms with Crippen LogP contribution in [0, 0.1) is 0 Å². The van der Waals surface area contributed by atoms with Crippen molar-refractivity contribution in [1.29, 1.82) is 0 Å². The summed E-state index contributed by atoms with van der Waals surface area (Å²) in [5, 5.41) is 3.35. The zero-order valence-electron chi connectivity index (χ0n) is 10.0. The van der Waals surface area contributed by atoms with Crippen LogP contribution in [-0.2, 0) is 0 Å². The number of rotatable bonds is 2. The molecule has 1 aromatic rings. The Labute approximate surface area is 95.8 Å². The minimum absolute atomic E-state index is 0.485. The van der Waals surface area contributed by atoms with E-state index in [4.69, 9.17) is 4.74 Å². The van der Waals surface area contributed by atoms with E-state index in [1.165, 1.54) is 0 Å². The monoisotopic (exact) mass is 222 g/mol. The molecule has 0 spiro atoms. The van der Waals surface area contributed by atoms with E-state index in [0.717, 1.165) is 31.0 Å². The molecule has 1 aliphatic heterocycles. The first-order valence-corrected chi connectivity index (χ1v) is 5.67. The minimum Gasteiger partial charge on any atom is -0.479 e. The molecule has 0 radical (unpaired) electrons. The molecule has 88 valence electrons. The van der Waals surface area contributed by atoms with Crippen molar-refractivity contribution in [3.63, 3.8) is 0 Å². The van der Waals surface area contributed by atoms with Gasteiger partial charge in [-0.15, -0.1) is 0 Å². The second-order valence-electron chi connectivity index (χ2n) is 3.93. The van der Waals surface area contributed by atoms with Crippen LogP contribution in [0.25, 0.3) is 0 Å². The van der Waals surface area contributed by atoms with Crippen molar-refractivity contribution in [2.45, 2.75) is 26.3 Å². The van der Waals surface area contributed by atoms with Crippen LogP contribution < -0.4 is 15.0 Å². The minimum atomic E-state index is 0.485. The Morgan fingerprint density at radius 1 is 1.56 bits per heavy atom. The van der Waals surface area contributed by atoms with Crippen LogP contribution in [0.1, 0.15) is 20.3 Å². The van der Waals surface area contributed by atoms with Crippen molar-refractivity contribution in [2.75, 3.05) is 30.4 Å². The molecular formula is C11H18N4O. The van der Waals surface area contributed by atoms with Gasteiger partial charge in [-0.05, 0) is 20.3 Å². The molecule has 0 saturated heterocycles. The Hall–Kier alpha value is -1.52. The van der Waals surface area contributed by atoms with Gasteiger partial charge in [-0.2, -0.15) is 4.98 Å². The van der Waals surface area contributed by atoms with Gasteiger partial charge in [0, 0.05) is 19.1 Å². The molecule has 5 nitrogen and oxygen atoms in total. The molecule has 0 aliphatic carbocycles. The van der Waals surface area contributed by atoms with Gasteiger partial charge in [-0.3, -0.25) is 0 Å². The highest BCUT2D eigenvalue weighted by atomic mass is 16.5. The lowest BCUT2D eigenvalue weighted by Gasteiger charge is -2.27. The maximum Gasteiger partial charge on any atom is 0.242 e. The second kappa shape index (κ2) is 4.55. The molecule has 1 aliphatic rings. The molecule has 0 bridgehead atoms. The Morgan fingerprint density at radius 2 is 2.38 bits per heavy atom. The standard InChI is InChI=1S/C11H18N4O/c1-4-15-8(2)5-6-12-9-10(15)13-7-14-11(9)16-3/h7-8,12H,4-6H2,1-3H3. The lowest BCUT2D eigenvalue weighted by atomic mass is 10.2. The number of anilines is 2. The maximum atomic E-state index is 5.26. The van der Waals surface area contributed by atoms with E-state index in [0.29, 0.717) is 11.9 Å². The highest BCUT2D eigenvalue weighted by Gasteiger charge is 2.23. The first kappa shape index (κ1) is 11.0. The Balaban J connectivity index is 2.47. The van der Waals surface area contributed by atoms with Crippen LogP contribution in [0.3, 0.4) is 0 Å². The average molecular weight is 222 g/mol. The molecular weight excluding hydrogens is 204 g/mol. The van der Waals surface area contributed by atoms with Crippen LogP contribution in [0.15, 0.2) is 6.33 Å². The Morgan fingerprint density at radius 3 is 3.06 bits per heavy atom. The third kappa shape index (κ3) is 1.77. The van der Waals surface area contributed by atoms with Crippen LogP contribution in [0.4, 0.5) is 11.5 Å². The lowest BCUT2D eigenvalue weighted by Crippen LogP contribution is -2.33. The van der Waals surface area contributed by atoms with E-state index in [1.54, 1.807) is 13.4 Å². The zero-order valence-corrected chi connectivity index (χ0v) is 10.0. The predicted molar refractivity (Wildman–Crippen MR) is 64.2 cm³/mol. The highest BCUT2D eigenvalue weighted by Crippen LogP contribution is 2.34. The number of ether oxygens (including phenoxy) is 1. The van der Waals surface area contributed by atoms with Gasteiger partial charge in [-0.1, -0.05) is 0 Å². The van der Waals surface area contributed by atoms with Gasteiger partial charge in [-0.25, -0.2) is 4.98 Å². The molecule has 1 aromatic heterocycles. The molecule has 0 amide bonds. The lowest BCUT2D eigenvalue weighted by molar-refractivity contribution is 0.399. The molecule has 1 atom stereocenters. The molecule has 1 N–H and O–H groups in total. The van der Waals surface area contributed by atoms with E-state index in [9.17, 15) is 0 Å². The summed E-state index contributed by atoms with van der Waals surface area (Å²) >= 11 is 0. The maximum absolute atomic E-state index is 5.26. The van der Waals surface area contributed by atoms with Gasteiger partial charge in [0.05, 0.1) is 7.11 Å². The van der Waals surface area contributed by atoms with E-state index in [2.05, 4.69) is 34.0 Å². The van der Waals surface area contributed by atoms with Crippen molar-refractivity contribution in [3.05, 3.63) is 6.33 Å². The molecule has 0 fully saturated rings. The summed E-state index contributed by atoms with van der Waals surface area (Å²) in [5.41, 5.74) is 0.913. The summed E-state index contributed by atoms with van der Waals surface area (Å²) in [6, 6.07) is 0.485. The number of nitrogens with zero attached hydrogens (tertiary/aromatic N) is 3. The summed E-state index contributed by atoms with van der Waals surface area (Å²) in [6.07, 6.45) is 2.65. The fourth-order valence-corrected chi connectivity index (χ4v) is 2.12. The number of fused-ring (bicyclic) bond motifs is 1. The molecule has 2 heterocycles. The van der Waals surface area contributed by atoms with Gasteiger partial charge in [0.2, 0.25) is 5.88 Å². The van der Waals surface area contributed by atoms with E-state index >= 15 is 0 Å². The van der Waals surface area contributed by atoms with Crippen molar-refractivity contribution >= 4 is 11.5 Å². The Bertz CT molecular complexity index is 369. The van der Waals surface area contributed by atoms with E-state index in [1.807, 2.05) is 0 Å². The largest absolute Gasteiger partial charge is 0.479 e. The van der Waals surface area contributed by atoms with Crippen molar-refractivity contribution < 1.29 is 4.74 Å². The van der Waals surface area contributed by atoms with Crippen LogP contribution >= 0.6 is 0 Å². The second-order valence-corrected chi connectivity index (χ2v) is 3.93. The normalized spacial score (nSPS) is 19.7. The third-order valence-corrected chi connectivity index (χ3v) is 2.99. The average Bonchev–Trinajstić information content (AvgIpc) is 2.46. The molecule has 5 heteroatoms. The first-order valence-electron chi connectivity index (χ1n) is 5.67. The van der Waals surface area contributed by atoms with E-state index in [-0.39, 0.29) is 0 Å². The third-order valence-electron chi connectivity index (χ3n) is 2.99. The molecule has 1 unspecified atom stereocenters. The number of hydrogen-bond acceptors (Lipinski definition) is 5. The summed E-state index contributed by atoms with van der Waals surface area (Å²) in [7, 11) is 1.63. The van der Waals surface area contributed by atoms with Gasteiger partial charge >= 0.3 is 0 Å². The quantitative estimate of drug-likeness (QED) is 0.822. The number of aromatic nitrogens is 2. The summed E-state index contributed by atoms with van der Waals surface area (Å²) in [6.45, 7) is 6.22. The molecule has 0 saturated carbocycles. The summed E-state index contributed by atoms with van der Waals surface area (Å²) in [5.74, 6) is 1.57. The first-order chi connectivity index (χ1) is 7.77. The molecule has 2 rings (SSSR count). The van der Waals surface area contributed by atoms with Gasteiger partial charge in [0.25, 0.3) is 0 Å². The molecule has 16 heavy (non-hydrogen) atoms. The topological polar surface area (TPSA) is 50.3 Å². The number of hydrogen-bond donors (Lipinski definition) is 1. The van der Waals surface area contributed by atoms with Crippen molar-refractivity contribution in [3.8, 4) is 5.88 Å². The van der Waals surface area contributed by atoms with Crippen molar-refractivity contribution in [2.24, 2.45) is 0 Å². The zero-order chi connectivity index (χ0) is 11.5. The SMILES string of the molecule is CCN1c2ncnc(OC)c2NCCC1C. The predicted octanol–water partition coefficient (Wildman–Crippen LogP) is 1.52. The Kier molecular flexibility index (Phi) is 3.12. The van der Waals surface area contributed by atoms with Gasteiger partial charge in [0.1, 0.15) is 12.0 Å². The van der Waals surface area contributed by atoms with Crippen LogP contribution in [-0.4, -0.2) is 36.2 Å². The van der Waals surface area contributed by atoms with Crippen LogP contribution in [0.2, 0.25) is 0 Å². The van der Waals surface area contributed by atoms with Gasteiger partial charge in [0.15, 0.2) is 5.82 Å². The van der Waals surface area contributed by atoms with Crippen LogP contribution in [0.5, 0.6) is 5.88 Å². The summed E-state index contributed by atoms with van der Waals surface area (Å²) in [4.78, 5) is 10.8. The highest BCUT2D eigenvalue weighted by molar-refractivity contribution is 5.71. The summed E-state index contributed by atoms with van der Waals surface area (Å²) < 4.78 is 5.26. The smallest absolute Gasteiger partial charge is 0.242 e. The molecule has 0 aromatic carbocycles. The number of methoxy groups -OCH3 is 1.